The van der Waals surface area contributed by atoms with Gasteiger partial charge >= 0.3 is 0 Å². The summed E-state index contributed by atoms with van der Waals surface area (Å²) in [5.41, 5.74) is 0. The summed E-state index contributed by atoms with van der Waals surface area (Å²) in [7, 11) is 1.89. The molecular formula is C19H41NO3. The lowest BCUT2D eigenvalue weighted by Crippen LogP contribution is -2.30. The largest absolute Gasteiger partial charge is 0.381 e. The highest BCUT2D eigenvalue weighted by Crippen LogP contribution is 2.11. The molecule has 0 saturated carbocycles. The number of aliphatic hydroxyl groups is 2. The highest BCUT2D eigenvalue weighted by Gasteiger charge is 2.03. The number of likely N-dealkylation sites (N-methyl/N-ethyl adjacent to an activating group) is 1. The van der Waals surface area contributed by atoms with E-state index in [0.717, 1.165) is 26.2 Å². The molecule has 0 aliphatic carbocycles. The van der Waals surface area contributed by atoms with E-state index < -0.39 is 6.29 Å². The summed E-state index contributed by atoms with van der Waals surface area (Å²) in [6, 6.07) is 0. The molecule has 0 amide bonds. The van der Waals surface area contributed by atoms with Crippen molar-refractivity contribution in [2.45, 2.75) is 90.3 Å². The molecule has 0 aliphatic rings. The fourth-order valence-corrected chi connectivity index (χ4v) is 2.78. The number of hydrogen-bond acceptors (Lipinski definition) is 4. The van der Waals surface area contributed by atoms with Crippen molar-refractivity contribution in [1.82, 2.24) is 4.90 Å². The minimum Gasteiger partial charge on any atom is -0.381 e. The van der Waals surface area contributed by atoms with Gasteiger partial charge in [0.1, 0.15) is 0 Å². The zero-order chi connectivity index (χ0) is 17.2. The first kappa shape index (κ1) is 22.8. The van der Waals surface area contributed by atoms with Crippen molar-refractivity contribution in [3.63, 3.8) is 0 Å². The van der Waals surface area contributed by atoms with Gasteiger partial charge in [0.15, 0.2) is 6.29 Å². The highest BCUT2D eigenvalue weighted by atomic mass is 16.5. The molecule has 0 aromatic heterocycles. The molecule has 23 heavy (non-hydrogen) atoms. The third-order valence-electron chi connectivity index (χ3n) is 4.20. The van der Waals surface area contributed by atoms with Crippen LogP contribution in [0.25, 0.3) is 0 Å². The number of nitrogens with zero attached hydrogens (tertiary/aromatic N) is 1. The molecule has 0 fully saturated rings. The predicted octanol–water partition coefficient (Wildman–Crippen LogP) is 3.95. The van der Waals surface area contributed by atoms with Crippen molar-refractivity contribution in [2.75, 3.05) is 33.4 Å². The standard InChI is InChI=1S/C19H41NO3/c1-3-4-5-6-7-8-9-10-11-12-13-16-23-17-14-15-20(2)18-19(21)22/h19,21-22H,3-18H2,1-2H3. The average Bonchev–Trinajstić information content (AvgIpc) is 2.50. The molecule has 0 rings (SSSR count). The maximum Gasteiger partial charge on any atom is 0.164 e. The van der Waals surface area contributed by atoms with Crippen LogP contribution in [0.5, 0.6) is 0 Å². The highest BCUT2D eigenvalue weighted by molar-refractivity contribution is 4.52. The zero-order valence-corrected chi connectivity index (χ0v) is 15.6. The molecule has 0 spiro atoms. The first-order valence-electron chi connectivity index (χ1n) is 9.79. The Hall–Kier alpha value is -0.160. The van der Waals surface area contributed by atoms with Crippen molar-refractivity contribution < 1.29 is 14.9 Å². The monoisotopic (exact) mass is 331 g/mol. The molecule has 0 aromatic carbocycles. The van der Waals surface area contributed by atoms with Crippen LogP contribution < -0.4 is 0 Å². The molecule has 0 unspecified atom stereocenters. The van der Waals surface area contributed by atoms with E-state index in [1.165, 1.54) is 70.6 Å². The van der Waals surface area contributed by atoms with E-state index in [0.29, 0.717) is 6.54 Å². The Morgan fingerprint density at radius 3 is 1.74 bits per heavy atom. The van der Waals surface area contributed by atoms with Crippen molar-refractivity contribution >= 4 is 0 Å². The first-order valence-corrected chi connectivity index (χ1v) is 9.79. The lowest BCUT2D eigenvalue weighted by atomic mass is 10.1. The lowest BCUT2D eigenvalue weighted by molar-refractivity contribution is -0.0580. The SMILES string of the molecule is CCCCCCCCCCCCCOCCCN(C)CC(O)O. The number of ether oxygens (including phenoxy) is 1. The van der Waals surface area contributed by atoms with E-state index in [4.69, 9.17) is 14.9 Å². The summed E-state index contributed by atoms with van der Waals surface area (Å²) >= 11 is 0. The minimum absolute atomic E-state index is 0.304. The molecule has 0 saturated heterocycles. The van der Waals surface area contributed by atoms with Crippen LogP contribution in [-0.4, -0.2) is 54.8 Å². The fraction of sp³-hybridized carbons (Fsp3) is 1.00. The van der Waals surface area contributed by atoms with Gasteiger partial charge in [-0.2, -0.15) is 0 Å². The van der Waals surface area contributed by atoms with Crippen LogP contribution >= 0.6 is 0 Å². The first-order chi connectivity index (χ1) is 11.2. The summed E-state index contributed by atoms with van der Waals surface area (Å²) < 4.78 is 5.62. The Kier molecular flexibility index (Phi) is 18.1. The second-order valence-corrected chi connectivity index (χ2v) is 6.74. The molecule has 0 radical (unpaired) electrons. The Bertz CT molecular complexity index is 225. The van der Waals surface area contributed by atoms with E-state index in [1.807, 2.05) is 11.9 Å². The molecular weight excluding hydrogens is 290 g/mol. The van der Waals surface area contributed by atoms with Gasteiger partial charge in [0.05, 0.1) is 0 Å². The smallest absolute Gasteiger partial charge is 0.164 e. The third-order valence-corrected chi connectivity index (χ3v) is 4.20. The zero-order valence-electron chi connectivity index (χ0n) is 15.6. The summed E-state index contributed by atoms with van der Waals surface area (Å²) in [5.74, 6) is 0. The Labute approximate surface area is 144 Å². The quantitative estimate of drug-likeness (QED) is 0.295. The van der Waals surface area contributed by atoms with E-state index in [1.54, 1.807) is 0 Å². The maximum absolute atomic E-state index is 8.83. The van der Waals surface area contributed by atoms with Crippen LogP contribution in [-0.2, 0) is 4.74 Å². The maximum atomic E-state index is 8.83. The molecule has 0 aromatic rings. The Morgan fingerprint density at radius 2 is 1.22 bits per heavy atom. The van der Waals surface area contributed by atoms with Gasteiger partial charge in [-0.15, -0.1) is 0 Å². The van der Waals surface area contributed by atoms with Gasteiger partial charge in [-0.05, 0) is 19.9 Å². The van der Waals surface area contributed by atoms with Crippen LogP contribution in [0, 0.1) is 0 Å². The van der Waals surface area contributed by atoms with Crippen molar-refractivity contribution in [2.24, 2.45) is 0 Å². The lowest BCUT2D eigenvalue weighted by Gasteiger charge is -2.17. The van der Waals surface area contributed by atoms with Gasteiger partial charge in [0.2, 0.25) is 0 Å². The van der Waals surface area contributed by atoms with Gasteiger partial charge in [0, 0.05) is 26.3 Å². The van der Waals surface area contributed by atoms with Gasteiger partial charge in [-0.3, -0.25) is 0 Å². The minimum atomic E-state index is -1.24. The normalized spacial score (nSPS) is 11.7. The molecule has 140 valence electrons. The van der Waals surface area contributed by atoms with E-state index in [9.17, 15) is 0 Å². The second-order valence-electron chi connectivity index (χ2n) is 6.74. The Morgan fingerprint density at radius 1 is 0.739 bits per heavy atom. The molecule has 4 heteroatoms. The van der Waals surface area contributed by atoms with Crippen LogP contribution in [0.4, 0.5) is 0 Å². The Balaban J connectivity index is 3.05. The molecule has 0 aliphatic heterocycles. The summed E-state index contributed by atoms with van der Waals surface area (Å²) in [4.78, 5) is 1.91. The van der Waals surface area contributed by atoms with Crippen molar-refractivity contribution in [1.29, 1.82) is 0 Å². The fourth-order valence-electron chi connectivity index (χ4n) is 2.78. The average molecular weight is 332 g/mol. The van der Waals surface area contributed by atoms with E-state index >= 15 is 0 Å². The second kappa shape index (κ2) is 18.2. The van der Waals surface area contributed by atoms with Crippen LogP contribution in [0.1, 0.15) is 84.0 Å². The van der Waals surface area contributed by atoms with Crippen LogP contribution in [0.3, 0.4) is 0 Å². The van der Waals surface area contributed by atoms with Crippen molar-refractivity contribution in [3.05, 3.63) is 0 Å². The van der Waals surface area contributed by atoms with Crippen molar-refractivity contribution in [3.8, 4) is 0 Å². The molecule has 4 nitrogen and oxygen atoms in total. The summed E-state index contributed by atoms with van der Waals surface area (Å²) in [6.45, 7) is 5.05. The van der Waals surface area contributed by atoms with Crippen LogP contribution in [0.2, 0.25) is 0 Å². The topological polar surface area (TPSA) is 52.9 Å². The predicted molar refractivity (Wildman–Crippen MR) is 97.6 cm³/mol. The van der Waals surface area contributed by atoms with Crippen LogP contribution in [0.15, 0.2) is 0 Å². The van der Waals surface area contributed by atoms with E-state index in [2.05, 4.69) is 6.92 Å². The van der Waals surface area contributed by atoms with E-state index in [-0.39, 0.29) is 0 Å². The number of aliphatic hydroxyl groups excluding tert-OH is 1. The number of hydrogen-bond donors (Lipinski definition) is 2. The number of rotatable bonds is 18. The van der Waals surface area contributed by atoms with Gasteiger partial charge in [-0.1, -0.05) is 71.1 Å². The summed E-state index contributed by atoms with van der Waals surface area (Å²) in [6.07, 6.45) is 14.7. The molecule has 0 bridgehead atoms. The molecule has 2 N–H and O–H groups in total. The van der Waals surface area contributed by atoms with Gasteiger partial charge in [-0.25, -0.2) is 0 Å². The number of unbranched alkanes of at least 4 members (excludes halogenated alkanes) is 10. The van der Waals surface area contributed by atoms with Gasteiger partial charge < -0.3 is 19.8 Å². The third kappa shape index (κ3) is 19.8. The van der Waals surface area contributed by atoms with Gasteiger partial charge in [0.25, 0.3) is 0 Å². The molecule has 0 heterocycles. The summed E-state index contributed by atoms with van der Waals surface area (Å²) in [5, 5.41) is 17.7. The molecule has 0 atom stereocenters.